The Bertz CT molecular complexity index is 400. The molecular weight excluding hydrogens is 236 g/mol. The lowest BCUT2D eigenvalue weighted by molar-refractivity contribution is 0.0175. The molecule has 100 valence electrons. The molecule has 1 rings (SSSR count). The Labute approximate surface area is 107 Å². The first kappa shape index (κ1) is 14.5. The first-order chi connectivity index (χ1) is 8.21. The zero-order valence-corrected chi connectivity index (χ0v) is 11.2. The van der Waals surface area contributed by atoms with Crippen LogP contribution < -0.4 is 10.6 Å². The number of likely N-dealkylation sites (N-methyl/N-ethyl adjacent to an activating group) is 2. The van der Waals surface area contributed by atoms with Gasteiger partial charge in [0.1, 0.15) is 5.69 Å². The molecule has 0 fully saturated rings. The molecule has 0 radical (unpaired) electrons. The van der Waals surface area contributed by atoms with Crippen LogP contribution in [-0.2, 0) is 5.92 Å². The smallest absolute Gasteiger partial charge is 0.278 e. The van der Waals surface area contributed by atoms with Gasteiger partial charge in [0, 0.05) is 27.1 Å². The Kier molecular flexibility index (Phi) is 4.36. The maximum atomic E-state index is 13.1. The third kappa shape index (κ3) is 3.74. The van der Waals surface area contributed by atoms with E-state index in [4.69, 9.17) is 5.73 Å². The van der Waals surface area contributed by atoms with E-state index in [1.54, 1.807) is 0 Å². The van der Waals surface area contributed by atoms with Crippen molar-refractivity contribution in [2.45, 2.75) is 12.8 Å². The van der Waals surface area contributed by atoms with Crippen LogP contribution in [-0.4, -0.2) is 39.1 Å². The second kappa shape index (κ2) is 5.40. The van der Waals surface area contributed by atoms with E-state index in [9.17, 15) is 8.78 Å². The molecule has 0 aliphatic heterocycles. The van der Waals surface area contributed by atoms with E-state index < -0.39 is 5.92 Å². The summed E-state index contributed by atoms with van der Waals surface area (Å²) in [5.74, 6) is -2.94. The fraction of sp³-hybridized carbons (Fsp3) is 0.538. The number of anilines is 2. The minimum atomic E-state index is -2.94. The summed E-state index contributed by atoms with van der Waals surface area (Å²) >= 11 is 0. The van der Waals surface area contributed by atoms with Crippen molar-refractivity contribution in [1.29, 1.82) is 0 Å². The summed E-state index contributed by atoms with van der Waals surface area (Å²) in [5, 5.41) is 0. The number of alkyl halides is 2. The molecule has 18 heavy (non-hydrogen) atoms. The summed E-state index contributed by atoms with van der Waals surface area (Å²) in [4.78, 5) is 3.91. The lowest BCUT2D eigenvalue weighted by atomic mass is 10.1. The van der Waals surface area contributed by atoms with Crippen molar-refractivity contribution in [2.75, 3.05) is 44.9 Å². The molecule has 0 heterocycles. The average Bonchev–Trinajstić information content (AvgIpc) is 2.24. The monoisotopic (exact) mass is 255 g/mol. The second-order valence-electron chi connectivity index (χ2n) is 4.73. The Morgan fingerprint density at radius 2 is 1.83 bits per heavy atom. The summed E-state index contributed by atoms with van der Waals surface area (Å²) < 4.78 is 26.2. The maximum absolute atomic E-state index is 13.1. The molecule has 1 aromatic rings. The number of halogens is 2. The predicted octanol–water partition coefficient (Wildman–Crippen LogP) is 1.98. The van der Waals surface area contributed by atoms with E-state index >= 15 is 0 Å². The first-order valence-electron chi connectivity index (χ1n) is 5.69. The molecule has 0 saturated carbocycles. The summed E-state index contributed by atoms with van der Waals surface area (Å²) in [5.41, 5.74) is 6.45. The molecule has 5 heteroatoms. The van der Waals surface area contributed by atoms with Crippen molar-refractivity contribution < 1.29 is 8.78 Å². The van der Waals surface area contributed by atoms with Gasteiger partial charge in [-0.2, -0.15) is 0 Å². The molecule has 0 aliphatic rings. The minimum Gasteiger partial charge on any atom is -0.396 e. The van der Waals surface area contributed by atoms with Gasteiger partial charge in [0.05, 0.1) is 11.3 Å². The van der Waals surface area contributed by atoms with Gasteiger partial charge < -0.3 is 15.5 Å². The number of rotatable bonds is 5. The van der Waals surface area contributed by atoms with Crippen molar-refractivity contribution in [1.82, 2.24) is 4.90 Å². The lowest BCUT2D eigenvalue weighted by Crippen LogP contribution is -2.28. The molecular formula is C13H19F2N3. The molecule has 0 spiro atoms. The molecule has 0 atom stereocenters. The number of hydrogen-bond donors (Lipinski definition) is 1. The van der Waals surface area contributed by atoms with E-state index in [0.717, 1.165) is 20.0 Å². The quantitative estimate of drug-likeness (QED) is 0.873. The van der Waals surface area contributed by atoms with Gasteiger partial charge in [0.2, 0.25) is 0 Å². The van der Waals surface area contributed by atoms with Gasteiger partial charge >= 0.3 is 0 Å². The highest BCUT2D eigenvalue weighted by Gasteiger charge is 2.25. The summed E-state index contributed by atoms with van der Waals surface area (Å²) in [6, 6.07) is 6.45. The van der Waals surface area contributed by atoms with Crippen LogP contribution in [0.25, 0.3) is 0 Å². The van der Waals surface area contributed by atoms with E-state index in [2.05, 4.69) is 12.1 Å². The fourth-order valence-corrected chi connectivity index (χ4v) is 1.47. The van der Waals surface area contributed by atoms with Crippen LogP contribution in [0.15, 0.2) is 6.07 Å². The topological polar surface area (TPSA) is 32.5 Å². The maximum Gasteiger partial charge on any atom is 0.278 e. The van der Waals surface area contributed by atoms with Crippen LogP contribution in [0, 0.1) is 12.1 Å². The molecule has 1 aromatic carbocycles. The number of hydrogen-bond acceptors (Lipinski definition) is 3. The number of nitrogens with two attached hydrogens (primary N) is 1. The third-order valence-electron chi connectivity index (χ3n) is 2.63. The fourth-order valence-electron chi connectivity index (χ4n) is 1.47. The van der Waals surface area contributed by atoms with Crippen molar-refractivity contribution >= 4 is 11.4 Å². The molecule has 0 aromatic heterocycles. The van der Waals surface area contributed by atoms with Crippen molar-refractivity contribution in [2.24, 2.45) is 0 Å². The van der Waals surface area contributed by atoms with Gasteiger partial charge in [0.15, 0.2) is 0 Å². The Balaban J connectivity index is 2.85. The molecule has 0 amide bonds. The van der Waals surface area contributed by atoms with Crippen molar-refractivity contribution in [3.8, 4) is 0 Å². The highest BCUT2D eigenvalue weighted by molar-refractivity contribution is 5.66. The minimum absolute atomic E-state index is 0.232. The Hall–Kier alpha value is -1.54. The van der Waals surface area contributed by atoms with Crippen LogP contribution >= 0.6 is 0 Å². The van der Waals surface area contributed by atoms with Gasteiger partial charge in [-0.1, -0.05) is 6.07 Å². The van der Waals surface area contributed by atoms with Crippen LogP contribution in [0.5, 0.6) is 0 Å². The van der Waals surface area contributed by atoms with Gasteiger partial charge in [-0.3, -0.25) is 0 Å². The molecule has 2 N–H and O–H groups in total. The molecule has 0 bridgehead atoms. The molecule has 0 unspecified atom stereocenters. The molecule has 0 aliphatic carbocycles. The lowest BCUT2D eigenvalue weighted by Gasteiger charge is -2.21. The Morgan fingerprint density at radius 3 is 2.28 bits per heavy atom. The first-order valence-corrected chi connectivity index (χ1v) is 5.69. The van der Waals surface area contributed by atoms with Crippen LogP contribution in [0.4, 0.5) is 20.2 Å². The van der Waals surface area contributed by atoms with Crippen molar-refractivity contribution in [3.63, 3.8) is 0 Å². The van der Waals surface area contributed by atoms with Gasteiger partial charge in [-0.15, -0.1) is 0 Å². The van der Waals surface area contributed by atoms with Crippen LogP contribution in [0.3, 0.4) is 0 Å². The summed E-state index contributed by atoms with van der Waals surface area (Å²) in [6.07, 6.45) is 0. The van der Waals surface area contributed by atoms with Crippen LogP contribution in [0.1, 0.15) is 12.5 Å². The van der Waals surface area contributed by atoms with E-state index in [1.807, 2.05) is 30.9 Å². The largest absolute Gasteiger partial charge is 0.396 e. The van der Waals surface area contributed by atoms with Gasteiger partial charge in [-0.25, -0.2) is 8.78 Å². The average molecular weight is 255 g/mol. The summed E-state index contributed by atoms with van der Waals surface area (Å²) in [6.45, 7) is 2.40. The second-order valence-corrected chi connectivity index (χ2v) is 4.73. The zero-order chi connectivity index (χ0) is 13.9. The van der Waals surface area contributed by atoms with E-state index in [0.29, 0.717) is 11.4 Å². The summed E-state index contributed by atoms with van der Waals surface area (Å²) in [7, 11) is 5.78. The Morgan fingerprint density at radius 1 is 1.22 bits per heavy atom. The predicted molar refractivity (Wildman–Crippen MR) is 69.9 cm³/mol. The normalized spacial score (nSPS) is 11.5. The molecule has 0 saturated heterocycles. The highest BCUT2D eigenvalue weighted by atomic mass is 19.3. The standard InChI is InChI=1S/C13H19F2N3/c1-13(14,15)10-5-6-12(11(16)9-10)18(4)8-7-17(2)3/h9H,7-8,16H2,1-4H3. The van der Waals surface area contributed by atoms with Crippen LogP contribution in [0.2, 0.25) is 0 Å². The third-order valence-corrected chi connectivity index (χ3v) is 2.63. The van der Waals surface area contributed by atoms with Gasteiger partial charge in [-0.05, 0) is 26.2 Å². The van der Waals surface area contributed by atoms with Gasteiger partial charge in [0.25, 0.3) is 5.92 Å². The van der Waals surface area contributed by atoms with Crippen molar-refractivity contribution in [3.05, 3.63) is 23.8 Å². The number of nitrogens with zero attached hydrogens (tertiary/aromatic N) is 2. The zero-order valence-electron chi connectivity index (χ0n) is 11.2. The SMILES string of the molecule is CN(C)CCN(C)c1c#cc(C(C)(F)F)cc1N. The van der Waals surface area contributed by atoms with E-state index in [-0.39, 0.29) is 5.56 Å². The number of nitrogen functional groups attached to an aromatic ring is 1. The highest BCUT2D eigenvalue weighted by Crippen LogP contribution is 2.29. The van der Waals surface area contributed by atoms with E-state index in [1.165, 1.54) is 6.07 Å². The molecule has 3 nitrogen and oxygen atoms in total.